The van der Waals surface area contributed by atoms with E-state index < -0.39 is 0 Å². The molecule has 5 heteroatoms. The first-order valence-corrected chi connectivity index (χ1v) is 7.54. The Morgan fingerprint density at radius 3 is 2.52 bits per heavy atom. The van der Waals surface area contributed by atoms with Gasteiger partial charge in [-0.25, -0.2) is 9.97 Å². The van der Waals surface area contributed by atoms with Crippen LogP contribution in [0.3, 0.4) is 0 Å². The number of rotatable bonds is 6. The van der Waals surface area contributed by atoms with Crippen molar-refractivity contribution < 1.29 is 0 Å². The molecule has 1 saturated carbocycles. The number of hydrogen-bond acceptors (Lipinski definition) is 5. The van der Waals surface area contributed by atoms with Crippen LogP contribution in [0.25, 0.3) is 0 Å². The molecule has 2 heterocycles. The Morgan fingerprint density at radius 2 is 1.86 bits per heavy atom. The summed E-state index contributed by atoms with van der Waals surface area (Å²) in [4.78, 5) is 13.7. The molecule has 2 N–H and O–H groups in total. The zero-order chi connectivity index (χ0) is 14.7. The number of nitrogens with zero attached hydrogens (tertiary/aromatic N) is 3. The molecule has 0 saturated heterocycles. The third kappa shape index (κ3) is 3.68. The smallest absolute Gasteiger partial charge is 0.136 e. The lowest BCUT2D eigenvalue weighted by Crippen LogP contribution is -2.08. The molecule has 21 heavy (non-hydrogen) atoms. The Bertz CT molecular complexity index is 622. The lowest BCUT2D eigenvalue weighted by Gasteiger charge is -2.10. The minimum Gasteiger partial charge on any atom is -0.370 e. The van der Waals surface area contributed by atoms with Crippen LogP contribution in [0.15, 0.2) is 24.3 Å². The topological polar surface area (TPSA) is 62.7 Å². The van der Waals surface area contributed by atoms with Gasteiger partial charge in [0.2, 0.25) is 0 Å². The first-order valence-electron chi connectivity index (χ1n) is 7.54. The monoisotopic (exact) mass is 283 g/mol. The van der Waals surface area contributed by atoms with Crippen LogP contribution in [0.5, 0.6) is 0 Å². The normalized spacial score (nSPS) is 14.0. The zero-order valence-corrected chi connectivity index (χ0v) is 12.6. The maximum atomic E-state index is 4.63. The van der Waals surface area contributed by atoms with Crippen LogP contribution in [-0.4, -0.2) is 21.5 Å². The van der Waals surface area contributed by atoms with Crippen LogP contribution < -0.4 is 10.6 Å². The van der Waals surface area contributed by atoms with Crippen molar-refractivity contribution in [1.29, 1.82) is 0 Å². The molecule has 0 aromatic carbocycles. The SMILES string of the molecule is CCNc1cc(NCc2cccc(C)n2)nc(C2CC2)n1. The minimum absolute atomic E-state index is 0.543. The summed E-state index contributed by atoms with van der Waals surface area (Å²) in [5, 5.41) is 6.63. The van der Waals surface area contributed by atoms with Crippen molar-refractivity contribution >= 4 is 11.6 Å². The van der Waals surface area contributed by atoms with E-state index in [0.29, 0.717) is 12.5 Å². The van der Waals surface area contributed by atoms with Gasteiger partial charge >= 0.3 is 0 Å². The van der Waals surface area contributed by atoms with Crippen molar-refractivity contribution in [3.8, 4) is 0 Å². The van der Waals surface area contributed by atoms with Crippen molar-refractivity contribution in [1.82, 2.24) is 15.0 Å². The second kappa shape index (κ2) is 6.08. The van der Waals surface area contributed by atoms with Gasteiger partial charge in [0.15, 0.2) is 0 Å². The van der Waals surface area contributed by atoms with Crippen LogP contribution in [0.2, 0.25) is 0 Å². The van der Waals surface area contributed by atoms with Crippen LogP contribution in [0.1, 0.15) is 42.9 Å². The van der Waals surface area contributed by atoms with Gasteiger partial charge in [-0.05, 0) is 38.8 Å². The first kappa shape index (κ1) is 13.8. The number of aryl methyl sites for hydroxylation is 1. The van der Waals surface area contributed by atoms with E-state index >= 15 is 0 Å². The van der Waals surface area contributed by atoms with Gasteiger partial charge in [-0.3, -0.25) is 4.98 Å². The molecule has 5 nitrogen and oxygen atoms in total. The number of nitrogens with one attached hydrogen (secondary N) is 2. The van der Waals surface area contributed by atoms with E-state index in [4.69, 9.17) is 0 Å². The Labute approximate surface area is 125 Å². The summed E-state index contributed by atoms with van der Waals surface area (Å²) in [7, 11) is 0. The maximum Gasteiger partial charge on any atom is 0.136 e. The standard InChI is InChI=1S/C16H21N5/c1-3-17-14-9-15(21-16(20-14)12-7-8-12)18-10-13-6-4-5-11(2)19-13/h4-6,9,12H,3,7-8,10H2,1-2H3,(H2,17,18,20,21). The molecule has 0 radical (unpaired) electrons. The molecule has 0 aliphatic heterocycles. The molecule has 0 spiro atoms. The molecule has 2 aromatic rings. The third-order valence-corrected chi connectivity index (χ3v) is 3.44. The fourth-order valence-electron chi connectivity index (χ4n) is 2.23. The van der Waals surface area contributed by atoms with Crippen molar-refractivity contribution in [2.24, 2.45) is 0 Å². The van der Waals surface area contributed by atoms with E-state index in [2.05, 4.69) is 32.5 Å². The summed E-state index contributed by atoms with van der Waals surface area (Å²) in [6.07, 6.45) is 2.41. The average Bonchev–Trinajstić information content (AvgIpc) is 3.30. The molecule has 0 unspecified atom stereocenters. The Morgan fingerprint density at radius 1 is 1.10 bits per heavy atom. The van der Waals surface area contributed by atoms with E-state index in [1.807, 2.05) is 31.2 Å². The molecule has 2 aromatic heterocycles. The Kier molecular flexibility index (Phi) is 3.99. The van der Waals surface area contributed by atoms with Crippen LogP contribution in [0, 0.1) is 6.92 Å². The van der Waals surface area contributed by atoms with Crippen molar-refractivity contribution in [2.75, 3.05) is 17.2 Å². The minimum atomic E-state index is 0.543. The Balaban J connectivity index is 1.74. The lowest BCUT2D eigenvalue weighted by atomic mass is 10.3. The molecule has 0 bridgehead atoms. The maximum absolute atomic E-state index is 4.63. The molecule has 0 atom stereocenters. The van der Waals surface area contributed by atoms with Gasteiger partial charge in [0, 0.05) is 24.2 Å². The lowest BCUT2D eigenvalue weighted by molar-refractivity contribution is 0.913. The number of hydrogen-bond donors (Lipinski definition) is 2. The molecule has 1 fully saturated rings. The number of anilines is 2. The van der Waals surface area contributed by atoms with Crippen LogP contribution >= 0.6 is 0 Å². The van der Waals surface area contributed by atoms with Gasteiger partial charge in [-0.1, -0.05) is 6.07 Å². The summed E-state index contributed by atoms with van der Waals surface area (Å²) in [5.41, 5.74) is 2.05. The van der Waals surface area contributed by atoms with E-state index in [0.717, 1.165) is 35.4 Å². The molecule has 1 aliphatic carbocycles. The fraction of sp³-hybridized carbons (Fsp3) is 0.438. The number of pyridine rings is 1. The average molecular weight is 283 g/mol. The molecule has 1 aliphatic rings. The quantitative estimate of drug-likeness (QED) is 0.853. The molecule has 0 amide bonds. The van der Waals surface area contributed by atoms with E-state index in [9.17, 15) is 0 Å². The van der Waals surface area contributed by atoms with E-state index in [1.165, 1.54) is 12.8 Å². The summed E-state index contributed by atoms with van der Waals surface area (Å²) >= 11 is 0. The number of aromatic nitrogens is 3. The van der Waals surface area contributed by atoms with Gasteiger partial charge < -0.3 is 10.6 Å². The summed E-state index contributed by atoms with van der Waals surface area (Å²) < 4.78 is 0. The van der Waals surface area contributed by atoms with Crippen LogP contribution in [0.4, 0.5) is 11.6 Å². The first-order chi connectivity index (χ1) is 10.2. The fourth-order valence-corrected chi connectivity index (χ4v) is 2.23. The molecule has 3 rings (SSSR count). The predicted octanol–water partition coefficient (Wildman–Crippen LogP) is 3.10. The van der Waals surface area contributed by atoms with Crippen molar-refractivity contribution in [3.05, 3.63) is 41.5 Å². The highest BCUT2D eigenvalue weighted by Gasteiger charge is 2.27. The van der Waals surface area contributed by atoms with Gasteiger partial charge in [0.1, 0.15) is 17.5 Å². The van der Waals surface area contributed by atoms with Gasteiger partial charge in [0.25, 0.3) is 0 Å². The second-order valence-electron chi connectivity index (χ2n) is 5.43. The van der Waals surface area contributed by atoms with Crippen molar-refractivity contribution in [3.63, 3.8) is 0 Å². The van der Waals surface area contributed by atoms with Gasteiger partial charge in [0.05, 0.1) is 12.2 Å². The molecule has 110 valence electrons. The Hall–Kier alpha value is -2.17. The van der Waals surface area contributed by atoms with E-state index in [1.54, 1.807) is 0 Å². The van der Waals surface area contributed by atoms with Crippen LogP contribution in [-0.2, 0) is 6.54 Å². The van der Waals surface area contributed by atoms with Gasteiger partial charge in [-0.2, -0.15) is 0 Å². The van der Waals surface area contributed by atoms with Crippen molar-refractivity contribution in [2.45, 2.75) is 39.2 Å². The third-order valence-electron chi connectivity index (χ3n) is 3.44. The predicted molar refractivity (Wildman–Crippen MR) is 84.5 cm³/mol. The zero-order valence-electron chi connectivity index (χ0n) is 12.6. The largest absolute Gasteiger partial charge is 0.370 e. The molecular weight excluding hydrogens is 262 g/mol. The summed E-state index contributed by atoms with van der Waals surface area (Å²) in [6, 6.07) is 8.01. The highest BCUT2D eigenvalue weighted by atomic mass is 15.1. The highest BCUT2D eigenvalue weighted by molar-refractivity contribution is 5.48. The summed E-state index contributed by atoms with van der Waals surface area (Å²) in [6.45, 7) is 5.61. The highest BCUT2D eigenvalue weighted by Crippen LogP contribution is 2.38. The second-order valence-corrected chi connectivity index (χ2v) is 5.43. The summed E-state index contributed by atoms with van der Waals surface area (Å²) in [5.74, 6) is 3.26. The van der Waals surface area contributed by atoms with Gasteiger partial charge in [-0.15, -0.1) is 0 Å². The molecular formula is C16H21N5. The van der Waals surface area contributed by atoms with E-state index in [-0.39, 0.29) is 0 Å².